The minimum absolute atomic E-state index is 0.525. The smallest absolute Gasteiger partial charge is 0.0107 e. The first-order chi connectivity index (χ1) is 6.61. The summed E-state index contributed by atoms with van der Waals surface area (Å²) < 4.78 is 0. The Morgan fingerprint density at radius 2 is 1.50 bits per heavy atom. The maximum atomic E-state index is 3.54. The summed E-state index contributed by atoms with van der Waals surface area (Å²) in [7, 11) is 0. The molecular formula is C13H21N. The van der Waals surface area contributed by atoms with Crippen LogP contribution in [-0.2, 0) is 0 Å². The number of hydrogen-bond acceptors (Lipinski definition) is 1. The summed E-state index contributed by atoms with van der Waals surface area (Å²) in [5.74, 6) is 0.568. The fourth-order valence-corrected chi connectivity index (χ4v) is 1.72. The van der Waals surface area contributed by atoms with E-state index in [9.17, 15) is 0 Å². The first-order valence-electron chi connectivity index (χ1n) is 5.42. The highest BCUT2D eigenvalue weighted by molar-refractivity contribution is 5.20. The number of rotatable bonds is 4. The summed E-state index contributed by atoms with van der Waals surface area (Å²) in [5, 5.41) is 3.54. The molecule has 0 saturated heterocycles. The Morgan fingerprint density at radius 3 is 2.00 bits per heavy atom. The second kappa shape index (κ2) is 5.16. The lowest BCUT2D eigenvalue weighted by molar-refractivity contribution is 0.439. The third kappa shape index (κ3) is 3.15. The quantitative estimate of drug-likeness (QED) is 0.770. The minimum atomic E-state index is 0.525. The van der Waals surface area contributed by atoms with E-state index in [1.54, 1.807) is 0 Å². The molecule has 0 saturated carbocycles. The Hall–Kier alpha value is -0.820. The standard InChI is InChI=1S/C13H21N/c1-10(2)14-12(4)11(3)13-8-6-5-7-9-13/h5-12,14H,1-4H3/t11-,12-/m0/s1. The van der Waals surface area contributed by atoms with Crippen LogP contribution in [0.1, 0.15) is 39.2 Å². The third-order valence-electron chi connectivity index (χ3n) is 2.67. The van der Waals surface area contributed by atoms with Crippen molar-refractivity contribution >= 4 is 0 Å². The number of nitrogens with one attached hydrogen (secondary N) is 1. The molecule has 0 fully saturated rings. The van der Waals surface area contributed by atoms with Crippen LogP contribution in [0.2, 0.25) is 0 Å². The Morgan fingerprint density at radius 1 is 0.929 bits per heavy atom. The fraction of sp³-hybridized carbons (Fsp3) is 0.538. The zero-order chi connectivity index (χ0) is 10.6. The molecule has 0 radical (unpaired) electrons. The van der Waals surface area contributed by atoms with Crippen LogP contribution in [0.25, 0.3) is 0 Å². The van der Waals surface area contributed by atoms with Crippen LogP contribution in [0.5, 0.6) is 0 Å². The van der Waals surface area contributed by atoms with E-state index < -0.39 is 0 Å². The molecule has 1 rings (SSSR count). The van der Waals surface area contributed by atoms with Gasteiger partial charge in [0, 0.05) is 12.1 Å². The van der Waals surface area contributed by atoms with Gasteiger partial charge in [-0.1, -0.05) is 51.1 Å². The van der Waals surface area contributed by atoms with E-state index in [1.165, 1.54) is 5.56 Å². The summed E-state index contributed by atoms with van der Waals surface area (Å²) in [6, 6.07) is 11.7. The molecule has 0 aliphatic heterocycles. The zero-order valence-corrected chi connectivity index (χ0v) is 9.62. The molecule has 1 nitrogen and oxygen atoms in total. The van der Waals surface area contributed by atoms with Crippen LogP contribution >= 0.6 is 0 Å². The average molecular weight is 191 g/mol. The molecule has 14 heavy (non-hydrogen) atoms. The van der Waals surface area contributed by atoms with Crippen LogP contribution in [-0.4, -0.2) is 12.1 Å². The predicted molar refractivity (Wildman–Crippen MR) is 62.6 cm³/mol. The van der Waals surface area contributed by atoms with Gasteiger partial charge in [-0.2, -0.15) is 0 Å². The van der Waals surface area contributed by atoms with Gasteiger partial charge >= 0.3 is 0 Å². The molecule has 78 valence electrons. The SMILES string of the molecule is CC(C)N[C@@H](C)[C@H](C)c1ccccc1. The normalized spacial score (nSPS) is 15.5. The van der Waals surface area contributed by atoms with Crippen LogP contribution in [0.15, 0.2) is 30.3 Å². The molecule has 1 aromatic carbocycles. The summed E-state index contributed by atoms with van der Waals surface area (Å²) in [5.41, 5.74) is 1.41. The Labute approximate surface area is 87.5 Å². The molecular weight excluding hydrogens is 170 g/mol. The molecule has 2 atom stereocenters. The maximum Gasteiger partial charge on any atom is 0.0107 e. The van der Waals surface area contributed by atoms with E-state index in [2.05, 4.69) is 63.3 Å². The van der Waals surface area contributed by atoms with E-state index in [0.29, 0.717) is 18.0 Å². The highest BCUT2D eigenvalue weighted by Crippen LogP contribution is 2.18. The van der Waals surface area contributed by atoms with Gasteiger partial charge in [-0.25, -0.2) is 0 Å². The second-order valence-electron chi connectivity index (χ2n) is 4.31. The second-order valence-corrected chi connectivity index (χ2v) is 4.31. The average Bonchev–Trinajstić information content (AvgIpc) is 2.17. The molecule has 1 heteroatoms. The highest BCUT2D eigenvalue weighted by atomic mass is 14.9. The van der Waals surface area contributed by atoms with Crippen molar-refractivity contribution in [2.24, 2.45) is 0 Å². The first-order valence-corrected chi connectivity index (χ1v) is 5.42. The number of benzene rings is 1. The van der Waals surface area contributed by atoms with E-state index in [4.69, 9.17) is 0 Å². The first kappa shape index (κ1) is 11.3. The minimum Gasteiger partial charge on any atom is -0.311 e. The molecule has 1 N–H and O–H groups in total. The topological polar surface area (TPSA) is 12.0 Å². The van der Waals surface area contributed by atoms with E-state index in [-0.39, 0.29) is 0 Å². The molecule has 0 spiro atoms. The fourth-order valence-electron chi connectivity index (χ4n) is 1.72. The van der Waals surface area contributed by atoms with Crippen molar-refractivity contribution in [1.82, 2.24) is 5.32 Å². The lowest BCUT2D eigenvalue weighted by atomic mass is 9.94. The van der Waals surface area contributed by atoms with Crippen molar-refractivity contribution in [3.05, 3.63) is 35.9 Å². The van der Waals surface area contributed by atoms with Crippen LogP contribution < -0.4 is 5.32 Å². The van der Waals surface area contributed by atoms with Gasteiger partial charge in [-0.05, 0) is 18.4 Å². The predicted octanol–water partition coefficient (Wildman–Crippen LogP) is 3.18. The van der Waals surface area contributed by atoms with E-state index >= 15 is 0 Å². The van der Waals surface area contributed by atoms with Gasteiger partial charge in [0.25, 0.3) is 0 Å². The van der Waals surface area contributed by atoms with E-state index in [1.807, 2.05) is 0 Å². The van der Waals surface area contributed by atoms with Crippen molar-refractivity contribution < 1.29 is 0 Å². The molecule has 0 unspecified atom stereocenters. The summed E-state index contributed by atoms with van der Waals surface area (Å²) >= 11 is 0. The molecule has 0 amide bonds. The molecule has 0 heterocycles. The van der Waals surface area contributed by atoms with Crippen LogP contribution in [0.4, 0.5) is 0 Å². The molecule has 0 aliphatic carbocycles. The summed E-state index contributed by atoms with van der Waals surface area (Å²) in [6.45, 7) is 8.90. The number of hydrogen-bond donors (Lipinski definition) is 1. The van der Waals surface area contributed by atoms with Crippen molar-refractivity contribution in [2.45, 2.75) is 45.7 Å². The zero-order valence-electron chi connectivity index (χ0n) is 9.62. The molecule has 0 aromatic heterocycles. The lowest BCUT2D eigenvalue weighted by Gasteiger charge is -2.23. The highest BCUT2D eigenvalue weighted by Gasteiger charge is 2.13. The van der Waals surface area contributed by atoms with Crippen LogP contribution in [0, 0.1) is 0 Å². The Balaban J connectivity index is 2.61. The monoisotopic (exact) mass is 191 g/mol. The lowest BCUT2D eigenvalue weighted by Crippen LogP contribution is -2.35. The van der Waals surface area contributed by atoms with Gasteiger partial charge < -0.3 is 5.32 Å². The largest absolute Gasteiger partial charge is 0.311 e. The van der Waals surface area contributed by atoms with Crippen molar-refractivity contribution in [3.8, 4) is 0 Å². The van der Waals surface area contributed by atoms with Gasteiger partial charge in [0.2, 0.25) is 0 Å². The van der Waals surface area contributed by atoms with Gasteiger partial charge in [0.15, 0.2) is 0 Å². The molecule has 0 bridgehead atoms. The van der Waals surface area contributed by atoms with Gasteiger partial charge in [-0.15, -0.1) is 0 Å². The van der Waals surface area contributed by atoms with Gasteiger partial charge in [0.1, 0.15) is 0 Å². The van der Waals surface area contributed by atoms with Crippen LogP contribution in [0.3, 0.4) is 0 Å². The summed E-state index contributed by atoms with van der Waals surface area (Å²) in [6.07, 6.45) is 0. The maximum absolute atomic E-state index is 3.54. The van der Waals surface area contributed by atoms with Gasteiger partial charge in [-0.3, -0.25) is 0 Å². The Bertz CT molecular complexity index is 253. The Kier molecular flexibility index (Phi) is 4.15. The third-order valence-corrected chi connectivity index (χ3v) is 2.67. The molecule has 1 aromatic rings. The van der Waals surface area contributed by atoms with Crippen molar-refractivity contribution in [3.63, 3.8) is 0 Å². The summed E-state index contributed by atoms with van der Waals surface area (Å²) in [4.78, 5) is 0. The van der Waals surface area contributed by atoms with Crippen molar-refractivity contribution in [2.75, 3.05) is 0 Å². The molecule has 0 aliphatic rings. The van der Waals surface area contributed by atoms with E-state index in [0.717, 1.165) is 0 Å². The van der Waals surface area contributed by atoms with Gasteiger partial charge in [0.05, 0.1) is 0 Å². The van der Waals surface area contributed by atoms with Crippen molar-refractivity contribution in [1.29, 1.82) is 0 Å².